The van der Waals surface area contributed by atoms with Gasteiger partial charge in [-0.15, -0.1) is 0 Å². The Balaban J connectivity index is 1.86. The van der Waals surface area contributed by atoms with Crippen LogP contribution in [-0.2, 0) is 0 Å². The van der Waals surface area contributed by atoms with Gasteiger partial charge in [0.1, 0.15) is 0 Å². The Morgan fingerprint density at radius 1 is 1.36 bits per heavy atom. The lowest BCUT2D eigenvalue weighted by Crippen LogP contribution is -2.33. The zero-order chi connectivity index (χ0) is 15.7. The molecule has 22 heavy (non-hydrogen) atoms. The first kappa shape index (κ1) is 14.6. The minimum absolute atomic E-state index is 0.189. The highest BCUT2D eigenvalue weighted by atomic mass is 16.3. The van der Waals surface area contributed by atoms with Crippen LogP contribution in [0.15, 0.2) is 30.3 Å². The van der Waals surface area contributed by atoms with E-state index in [-0.39, 0.29) is 6.03 Å². The molecule has 1 aliphatic rings. The van der Waals surface area contributed by atoms with Crippen LogP contribution in [-0.4, -0.2) is 45.0 Å². The minimum Gasteiger partial charge on any atom is -0.391 e. The number of aliphatic hydroxyl groups excluding tert-OH is 1. The zero-order valence-electron chi connectivity index (χ0n) is 12.8. The number of nitrogens with one attached hydrogen (secondary N) is 1. The molecule has 0 saturated carbocycles. The van der Waals surface area contributed by atoms with Crippen LogP contribution in [0.4, 0.5) is 10.5 Å². The monoisotopic (exact) mass is 300 g/mol. The van der Waals surface area contributed by atoms with Crippen LogP contribution in [0.1, 0.15) is 17.8 Å². The van der Waals surface area contributed by atoms with Gasteiger partial charge in [0.15, 0.2) is 0 Å². The Hall–Kier alpha value is -2.34. The molecule has 0 radical (unpaired) electrons. The summed E-state index contributed by atoms with van der Waals surface area (Å²) < 4.78 is 1.82. The molecule has 2 amide bonds. The quantitative estimate of drug-likeness (QED) is 0.892. The van der Waals surface area contributed by atoms with Gasteiger partial charge in [-0.2, -0.15) is 5.10 Å². The lowest BCUT2D eigenvalue weighted by molar-refractivity contribution is 0.176. The molecule has 0 unspecified atom stereocenters. The highest BCUT2D eigenvalue weighted by Crippen LogP contribution is 2.22. The third-order valence-corrected chi connectivity index (χ3v) is 3.83. The van der Waals surface area contributed by atoms with Gasteiger partial charge < -0.3 is 15.3 Å². The Labute approximate surface area is 129 Å². The number of likely N-dealkylation sites (tertiary alicyclic amines) is 1. The van der Waals surface area contributed by atoms with Crippen LogP contribution in [0, 0.1) is 13.8 Å². The van der Waals surface area contributed by atoms with Crippen LogP contribution >= 0.6 is 0 Å². The van der Waals surface area contributed by atoms with Gasteiger partial charge in [0, 0.05) is 18.8 Å². The number of carbonyl (C=O) groups is 1. The number of hydrogen-bond acceptors (Lipinski definition) is 3. The number of para-hydroxylation sites is 2. The van der Waals surface area contributed by atoms with E-state index in [0.717, 1.165) is 17.1 Å². The molecule has 3 rings (SSSR count). The van der Waals surface area contributed by atoms with Crippen LogP contribution in [0.2, 0.25) is 0 Å². The second-order valence-electron chi connectivity index (χ2n) is 5.67. The first-order chi connectivity index (χ1) is 10.5. The van der Waals surface area contributed by atoms with Crippen LogP contribution in [0.5, 0.6) is 0 Å². The zero-order valence-corrected chi connectivity index (χ0v) is 12.8. The maximum Gasteiger partial charge on any atom is 0.321 e. The largest absolute Gasteiger partial charge is 0.391 e. The van der Waals surface area contributed by atoms with E-state index in [1.165, 1.54) is 0 Å². The van der Waals surface area contributed by atoms with Crippen molar-refractivity contribution in [3.05, 3.63) is 41.7 Å². The van der Waals surface area contributed by atoms with Crippen molar-refractivity contribution < 1.29 is 9.90 Å². The van der Waals surface area contributed by atoms with Crippen molar-refractivity contribution in [2.75, 3.05) is 18.4 Å². The van der Waals surface area contributed by atoms with E-state index in [1.807, 2.05) is 48.9 Å². The number of rotatable bonds is 2. The molecule has 1 fully saturated rings. The molecule has 0 spiro atoms. The summed E-state index contributed by atoms with van der Waals surface area (Å²) in [6.07, 6.45) is 0.212. The molecule has 1 aromatic heterocycles. The number of aromatic nitrogens is 2. The third kappa shape index (κ3) is 2.82. The Morgan fingerprint density at radius 3 is 2.77 bits per heavy atom. The number of carbonyl (C=O) groups excluding carboxylic acids is 1. The van der Waals surface area contributed by atoms with Crippen LogP contribution in [0.3, 0.4) is 0 Å². The molecule has 6 heteroatoms. The second kappa shape index (κ2) is 5.81. The maximum atomic E-state index is 12.3. The molecule has 1 aromatic carbocycles. The van der Waals surface area contributed by atoms with E-state index >= 15 is 0 Å². The first-order valence-electron chi connectivity index (χ1n) is 7.41. The summed E-state index contributed by atoms with van der Waals surface area (Å²) in [5, 5.41) is 16.9. The first-order valence-corrected chi connectivity index (χ1v) is 7.41. The summed E-state index contributed by atoms with van der Waals surface area (Å²) >= 11 is 0. The summed E-state index contributed by atoms with van der Waals surface area (Å²) in [4.78, 5) is 13.9. The highest BCUT2D eigenvalue weighted by molar-refractivity contribution is 5.91. The van der Waals surface area contributed by atoms with Crippen molar-refractivity contribution >= 4 is 11.7 Å². The smallest absolute Gasteiger partial charge is 0.321 e. The van der Waals surface area contributed by atoms with Crippen molar-refractivity contribution in [2.45, 2.75) is 26.4 Å². The Morgan fingerprint density at radius 2 is 2.14 bits per heavy atom. The number of nitrogens with zero attached hydrogens (tertiary/aromatic N) is 3. The molecule has 6 nitrogen and oxygen atoms in total. The Bertz CT molecular complexity index is 695. The number of hydrogen-bond donors (Lipinski definition) is 2. The van der Waals surface area contributed by atoms with E-state index in [9.17, 15) is 9.90 Å². The predicted octanol–water partition coefficient (Wildman–Crippen LogP) is 2.09. The fraction of sp³-hybridized carbons (Fsp3) is 0.375. The summed E-state index contributed by atoms with van der Waals surface area (Å²) in [5.74, 6) is 0. The number of benzene rings is 1. The number of aryl methyl sites for hydroxylation is 2. The average Bonchev–Trinajstić information content (AvgIpc) is 3.05. The molecule has 2 N–H and O–H groups in total. The van der Waals surface area contributed by atoms with Gasteiger partial charge in [-0.05, 0) is 38.5 Å². The molecular formula is C16H20N4O2. The van der Waals surface area contributed by atoms with Crippen molar-refractivity contribution in [2.24, 2.45) is 0 Å². The SMILES string of the molecule is Cc1cc(C)n(-c2ccccc2NC(=O)N2CC[C@@H](O)C2)n1. The molecule has 0 bridgehead atoms. The molecule has 116 valence electrons. The standard InChI is InChI=1S/C16H20N4O2/c1-11-9-12(2)20(18-11)15-6-4-3-5-14(15)17-16(22)19-8-7-13(21)10-19/h3-6,9,13,21H,7-8,10H2,1-2H3,(H,17,22)/t13-/m1/s1. The van der Waals surface area contributed by atoms with E-state index in [2.05, 4.69) is 10.4 Å². The van der Waals surface area contributed by atoms with E-state index in [0.29, 0.717) is 25.2 Å². The lowest BCUT2D eigenvalue weighted by atomic mass is 10.2. The van der Waals surface area contributed by atoms with Gasteiger partial charge >= 0.3 is 6.03 Å². The van der Waals surface area contributed by atoms with E-state index in [1.54, 1.807) is 4.90 Å². The number of anilines is 1. The molecule has 0 aliphatic carbocycles. The fourth-order valence-corrected chi connectivity index (χ4v) is 2.76. The van der Waals surface area contributed by atoms with Gasteiger partial charge in [-0.3, -0.25) is 0 Å². The van der Waals surface area contributed by atoms with Crippen molar-refractivity contribution in [3.8, 4) is 5.69 Å². The third-order valence-electron chi connectivity index (χ3n) is 3.83. The predicted molar refractivity (Wildman–Crippen MR) is 84.3 cm³/mol. The fourth-order valence-electron chi connectivity index (χ4n) is 2.76. The number of β-amino-alcohol motifs (C(OH)–C–C–N with tert-alkyl or cyclic N) is 1. The van der Waals surface area contributed by atoms with Gasteiger partial charge in [0.2, 0.25) is 0 Å². The normalized spacial score (nSPS) is 17.8. The minimum atomic E-state index is -0.419. The highest BCUT2D eigenvalue weighted by Gasteiger charge is 2.25. The molecular weight excluding hydrogens is 280 g/mol. The van der Waals surface area contributed by atoms with Gasteiger partial charge in [-0.1, -0.05) is 12.1 Å². The summed E-state index contributed by atoms with van der Waals surface area (Å²) in [6, 6.07) is 9.38. The van der Waals surface area contributed by atoms with Gasteiger partial charge in [0.05, 0.1) is 23.2 Å². The topological polar surface area (TPSA) is 70.4 Å². The second-order valence-corrected chi connectivity index (χ2v) is 5.67. The lowest BCUT2D eigenvalue weighted by Gasteiger charge is -2.18. The molecule has 2 aromatic rings. The van der Waals surface area contributed by atoms with Crippen molar-refractivity contribution in [1.29, 1.82) is 0 Å². The number of aliphatic hydroxyl groups is 1. The summed E-state index contributed by atoms with van der Waals surface area (Å²) in [6.45, 7) is 4.88. The number of urea groups is 1. The van der Waals surface area contributed by atoms with Crippen molar-refractivity contribution in [3.63, 3.8) is 0 Å². The van der Waals surface area contributed by atoms with Crippen LogP contribution in [0.25, 0.3) is 5.69 Å². The molecule has 1 atom stereocenters. The summed E-state index contributed by atoms with van der Waals surface area (Å²) in [7, 11) is 0. The molecule has 2 heterocycles. The summed E-state index contributed by atoms with van der Waals surface area (Å²) in [5.41, 5.74) is 3.48. The van der Waals surface area contributed by atoms with E-state index < -0.39 is 6.10 Å². The van der Waals surface area contributed by atoms with Crippen molar-refractivity contribution in [1.82, 2.24) is 14.7 Å². The van der Waals surface area contributed by atoms with Crippen LogP contribution < -0.4 is 5.32 Å². The number of amides is 2. The maximum absolute atomic E-state index is 12.3. The molecule has 1 aliphatic heterocycles. The van der Waals surface area contributed by atoms with Gasteiger partial charge in [0.25, 0.3) is 0 Å². The average molecular weight is 300 g/mol. The molecule has 1 saturated heterocycles. The van der Waals surface area contributed by atoms with Gasteiger partial charge in [-0.25, -0.2) is 9.48 Å². The Kier molecular flexibility index (Phi) is 3.85. The van der Waals surface area contributed by atoms with E-state index in [4.69, 9.17) is 0 Å².